The van der Waals surface area contributed by atoms with Gasteiger partial charge in [-0.2, -0.15) is 0 Å². The number of amides is 2. The highest BCUT2D eigenvalue weighted by atomic mass is 16.3. The second-order valence-corrected chi connectivity index (χ2v) is 8.68. The number of nitrogens with one attached hydrogen (secondary N) is 1. The summed E-state index contributed by atoms with van der Waals surface area (Å²) in [6.45, 7) is 6.48. The Morgan fingerprint density at radius 2 is 1.58 bits per heavy atom. The minimum atomic E-state index is -0.250. The molecule has 184 valence electrons. The molecule has 3 fully saturated rings. The quantitative estimate of drug-likeness (QED) is 0.589. The van der Waals surface area contributed by atoms with E-state index in [0.29, 0.717) is 0 Å². The van der Waals surface area contributed by atoms with Gasteiger partial charge in [0, 0.05) is 57.9 Å². The number of hydrogen-bond acceptors (Lipinski definition) is 5. The van der Waals surface area contributed by atoms with Gasteiger partial charge in [-0.1, -0.05) is 43.2 Å². The SMILES string of the molecule is O=C(NC1CCN(Cc2ccccc2)C1)N1CCCN(C2CCCC2)CC1.O=CO.O=CO. The van der Waals surface area contributed by atoms with E-state index >= 15 is 0 Å². The third kappa shape index (κ3) is 9.39. The first-order valence-corrected chi connectivity index (χ1v) is 11.8. The Morgan fingerprint density at radius 1 is 0.909 bits per heavy atom. The van der Waals surface area contributed by atoms with Gasteiger partial charge in [0.1, 0.15) is 0 Å². The molecule has 0 radical (unpaired) electrons. The predicted molar refractivity (Wildman–Crippen MR) is 126 cm³/mol. The largest absolute Gasteiger partial charge is 0.483 e. The first kappa shape index (κ1) is 26.6. The van der Waals surface area contributed by atoms with Crippen LogP contribution in [0, 0.1) is 0 Å². The molecule has 33 heavy (non-hydrogen) atoms. The van der Waals surface area contributed by atoms with Gasteiger partial charge in [-0.15, -0.1) is 0 Å². The van der Waals surface area contributed by atoms with Crippen molar-refractivity contribution in [2.75, 3.05) is 39.3 Å². The van der Waals surface area contributed by atoms with Crippen molar-refractivity contribution >= 4 is 19.0 Å². The van der Waals surface area contributed by atoms with Crippen LogP contribution in [0.4, 0.5) is 4.79 Å². The Bertz CT molecular complexity index is 693. The lowest BCUT2D eigenvalue weighted by Gasteiger charge is -2.27. The monoisotopic (exact) mass is 462 g/mol. The maximum absolute atomic E-state index is 12.8. The molecule has 0 spiro atoms. The Labute approximate surface area is 196 Å². The van der Waals surface area contributed by atoms with Gasteiger partial charge in [-0.25, -0.2) is 4.79 Å². The van der Waals surface area contributed by atoms with Crippen molar-refractivity contribution in [2.24, 2.45) is 0 Å². The van der Waals surface area contributed by atoms with Crippen LogP contribution in [0.5, 0.6) is 0 Å². The molecule has 4 rings (SSSR count). The van der Waals surface area contributed by atoms with Crippen LogP contribution in [0.15, 0.2) is 30.3 Å². The Kier molecular flexibility index (Phi) is 12.3. The van der Waals surface area contributed by atoms with Crippen molar-refractivity contribution in [3.8, 4) is 0 Å². The van der Waals surface area contributed by atoms with E-state index in [1.54, 1.807) is 0 Å². The van der Waals surface area contributed by atoms with Crippen LogP contribution in [-0.4, -0.2) is 95.2 Å². The van der Waals surface area contributed by atoms with E-state index in [0.717, 1.165) is 64.7 Å². The molecule has 1 unspecified atom stereocenters. The fourth-order valence-electron chi connectivity index (χ4n) is 4.98. The second-order valence-electron chi connectivity index (χ2n) is 8.68. The molecule has 0 aromatic heterocycles. The molecule has 2 saturated heterocycles. The third-order valence-electron chi connectivity index (χ3n) is 6.51. The molecule has 1 saturated carbocycles. The number of carboxylic acid groups (broad SMARTS) is 2. The summed E-state index contributed by atoms with van der Waals surface area (Å²) < 4.78 is 0. The van der Waals surface area contributed by atoms with Crippen molar-refractivity contribution in [1.82, 2.24) is 20.0 Å². The van der Waals surface area contributed by atoms with Gasteiger partial charge in [0.05, 0.1) is 0 Å². The topological polar surface area (TPSA) is 113 Å². The molecule has 0 bridgehead atoms. The standard InChI is InChI=1S/C22H34N4O.2CH2O2/c27-22(26-13-6-12-25(15-16-26)21-9-4-5-10-21)23-20-11-14-24(18-20)17-19-7-2-1-3-8-19;2*2-1-3/h1-3,7-8,20-21H,4-6,9-18H2,(H,23,27);2*1H,(H,2,3). The zero-order valence-corrected chi connectivity index (χ0v) is 19.3. The van der Waals surface area contributed by atoms with Crippen LogP contribution in [0.2, 0.25) is 0 Å². The van der Waals surface area contributed by atoms with Crippen molar-refractivity contribution in [2.45, 2.75) is 57.2 Å². The summed E-state index contributed by atoms with van der Waals surface area (Å²) in [6, 6.07) is 11.8. The number of rotatable bonds is 4. The molecule has 3 N–H and O–H groups in total. The zero-order valence-electron chi connectivity index (χ0n) is 19.3. The van der Waals surface area contributed by atoms with Crippen LogP contribution in [0.25, 0.3) is 0 Å². The van der Waals surface area contributed by atoms with E-state index in [1.807, 2.05) is 0 Å². The van der Waals surface area contributed by atoms with Crippen LogP contribution < -0.4 is 5.32 Å². The van der Waals surface area contributed by atoms with E-state index in [2.05, 4.69) is 50.3 Å². The summed E-state index contributed by atoms with van der Waals surface area (Å²) in [5.41, 5.74) is 1.35. The lowest BCUT2D eigenvalue weighted by molar-refractivity contribution is -0.123. The minimum absolute atomic E-state index is 0.148. The van der Waals surface area contributed by atoms with Crippen molar-refractivity contribution in [3.63, 3.8) is 0 Å². The summed E-state index contributed by atoms with van der Waals surface area (Å²) in [4.78, 5) is 36.6. The molecule has 1 aliphatic carbocycles. The smallest absolute Gasteiger partial charge is 0.317 e. The third-order valence-corrected chi connectivity index (χ3v) is 6.51. The number of likely N-dealkylation sites (tertiary alicyclic amines) is 1. The average molecular weight is 463 g/mol. The van der Waals surface area contributed by atoms with Crippen molar-refractivity contribution < 1.29 is 24.6 Å². The fourth-order valence-corrected chi connectivity index (χ4v) is 4.98. The normalized spacial score (nSPS) is 21.7. The van der Waals surface area contributed by atoms with Crippen molar-refractivity contribution in [3.05, 3.63) is 35.9 Å². The summed E-state index contributed by atoms with van der Waals surface area (Å²) >= 11 is 0. The van der Waals surface area contributed by atoms with Gasteiger partial charge in [-0.05, 0) is 31.2 Å². The summed E-state index contributed by atoms with van der Waals surface area (Å²) in [6.07, 6.45) is 7.63. The zero-order chi connectivity index (χ0) is 23.9. The Hall–Kier alpha value is -2.65. The number of carbonyl (C=O) groups excluding carboxylic acids is 1. The number of carbonyl (C=O) groups is 3. The maximum Gasteiger partial charge on any atom is 0.317 e. The van der Waals surface area contributed by atoms with Gasteiger partial charge in [0.25, 0.3) is 12.9 Å². The molecule has 9 heteroatoms. The maximum atomic E-state index is 12.8. The van der Waals surface area contributed by atoms with Gasteiger partial charge < -0.3 is 20.4 Å². The van der Waals surface area contributed by atoms with Crippen LogP contribution >= 0.6 is 0 Å². The van der Waals surface area contributed by atoms with Gasteiger partial charge in [0.2, 0.25) is 0 Å². The molecule has 1 atom stereocenters. The molecule has 2 aliphatic heterocycles. The van der Waals surface area contributed by atoms with Crippen LogP contribution in [0.3, 0.4) is 0 Å². The lowest BCUT2D eigenvalue weighted by Crippen LogP contribution is -2.47. The second kappa shape index (κ2) is 15.2. The van der Waals surface area contributed by atoms with Gasteiger partial charge in [0.15, 0.2) is 0 Å². The molecule has 1 aromatic carbocycles. The van der Waals surface area contributed by atoms with Crippen molar-refractivity contribution in [1.29, 1.82) is 0 Å². The highest BCUT2D eigenvalue weighted by Gasteiger charge is 2.28. The summed E-state index contributed by atoms with van der Waals surface area (Å²) in [7, 11) is 0. The van der Waals surface area contributed by atoms with E-state index < -0.39 is 0 Å². The summed E-state index contributed by atoms with van der Waals surface area (Å²) in [5, 5.41) is 17.1. The van der Waals surface area contributed by atoms with Gasteiger partial charge in [-0.3, -0.25) is 19.4 Å². The number of hydrogen-bond donors (Lipinski definition) is 3. The molecule has 2 heterocycles. The average Bonchev–Trinajstić information content (AvgIpc) is 3.43. The van der Waals surface area contributed by atoms with Gasteiger partial charge >= 0.3 is 6.03 Å². The Morgan fingerprint density at radius 3 is 2.24 bits per heavy atom. The van der Waals surface area contributed by atoms with E-state index in [9.17, 15) is 4.79 Å². The molecule has 1 aromatic rings. The Balaban J connectivity index is 0.000000582. The highest BCUT2D eigenvalue weighted by molar-refractivity contribution is 5.74. The van der Waals surface area contributed by atoms with Crippen LogP contribution in [0.1, 0.15) is 44.1 Å². The molecule has 2 amide bonds. The first-order chi connectivity index (χ1) is 16.1. The lowest BCUT2D eigenvalue weighted by atomic mass is 10.2. The number of urea groups is 1. The number of nitrogens with zero attached hydrogens (tertiary/aromatic N) is 3. The van der Waals surface area contributed by atoms with E-state index in [-0.39, 0.29) is 25.0 Å². The predicted octanol–water partition coefficient (Wildman–Crippen LogP) is 2.32. The van der Waals surface area contributed by atoms with E-state index in [1.165, 1.54) is 31.2 Å². The minimum Gasteiger partial charge on any atom is -0.483 e. The first-order valence-electron chi connectivity index (χ1n) is 11.8. The van der Waals surface area contributed by atoms with Crippen LogP contribution in [-0.2, 0) is 16.1 Å². The summed E-state index contributed by atoms with van der Waals surface area (Å²) in [5.74, 6) is 0. The van der Waals surface area contributed by atoms with E-state index in [4.69, 9.17) is 19.8 Å². The fraction of sp³-hybridized carbons (Fsp3) is 0.625. The number of benzene rings is 1. The highest BCUT2D eigenvalue weighted by Crippen LogP contribution is 2.24. The molecule has 3 aliphatic rings. The molecular weight excluding hydrogens is 424 g/mol. The molecular formula is C24H38N4O5. The molecule has 9 nitrogen and oxygen atoms in total.